The summed E-state index contributed by atoms with van der Waals surface area (Å²) in [6.07, 6.45) is 2.16. The largest absolute Gasteiger partial charge is 0.481 e. The number of nitrogens with zero attached hydrogens (tertiary/aromatic N) is 1. The molecule has 1 aliphatic heterocycles. The van der Waals surface area contributed by atoms with Crippen molar-refractivity contribution in [3.8, 4) is 0 Å². The number of carboxylic acid groups (broad SMARTS) is 1. The van der Waals surface area contributed by atoms with E-state index in [4.69, 9.17) is 5.11 Å². The summed E-state index contributed by atoms with van der Waals surface area (Å²) in [5.74, 6) is -0.800. The number of carbonyl (C=O) groups is 1. The SMILES string of the molecule is CC(CCc1ccccc1)N1CC(C(=O)O)C1. The van der Waals surface area contributed by atoms with Crippen LogP contribution in [0.15, 0.2) is 30.3 Å². The van der Waals surface area contributed by atoms with Gasteiger partial charge in [0.25, 0.3) is 0 Å². The van der Waals surface area contributed by atoms with Crippen LogP contribution in [0.5, 0.6) is 0 Å². The molecule has 1 unspecified atom stereocenters. The fourth-order valence-electron chi connectivity index (χ4n) is 2.23. The van der Waals surface area contributed by atoms with E-state index in [1.165, 1.54) is 5.56 Å². The van der Waals surface area contributed by atoms with Crippen molar-refractivity contribution in [1.29, 1.82) is 0 Å². The summed E-state index contributed by atoms with van der Waals surface area (Å²) in [5, 5.41) is 8.81. The van der Waals surface area contributed by atoms with Gasteiger partial charge < -0.3 is 5.11 Å². The molecule has 3 heteroatoms. The van der Waals surface area contributed by atoms with Gasteiger partial charge in [0.1, 0.15) is 0 Å². The summed E-state index contributed by atoms with van der Waals surface area (Å²) >= 11 is 0. The van der Waals surface area contributed by atoms with Crippen LogP contribution in [0.1, 0.15) is 18.9 Å². The molecule has 1 saturated heterocycles. The van der Waals surface area contributed by atoms with Gasteiger partial charge in [-0.1, -0.05) is 30.3 Å². The first-order valence-corrected chi connectivity index (χ1v) is 6.17. The zero-order chi connectivity index (χ0) is 12.3. The summed E-state index contributed by atoms with van der Waals surface area (Å²) in [6, 6.07) is 10.9. The number of hydrogen-bond acceptors (Lipinski definition) is 2. The summed E-state index contributed by atoms with van der Waals surface area (Å²) in [5.41, 5.74) is 1.36. The Bertz CT molecular complexity index is 371. The fourth-order valence-corrected chi connectivity index (χ4v) is 2.23. The summed E-state index contributed by atoms with van der Waals surface area (Å²) in [6.45, 7) is 3.61. The maximum atomic E-state index is 10.7. The predicted octanol–water partition coefficient (Wildman–Crippen LogP) is 2.02. The Morgan fingerprint density at radius 2 is 2.06 bits per heavy atom. The minimum Gasteiger partial charge on any atom is -0.481 e. The van der Waals surface area contributed by atoms with Gasteiger partial charge in [-0.2, -0.15) is 0 Å². The highest BCUT2D eigenvalue weighted by Crippen LogP contribution is 2.21. The van der Waals surface area contributed by atoms with E-state index in [0.29, 0.717) is 19.1 Å². The Balaban J connectivity index is 1.72. The maximum Gasteiger partial charge on any atom is 0.309 e. The smallest absolute Gasteiger partial charge is 0.309 e. The predicted molar refractivity (Wildman–Crippen MR) is 66.9 cm³/mol. The van der Waals surface area contributed by atoms with Crippen LogP contribution in [-0.4, -0.2) is 35.1 Å². The number of benzene rings is 1. The van der Waals surface area contributed by atoms with Crippen molar-refractivity contribution >= 4 is 5.97 Å². The van der Waals surface area contributed by atoms with Crippen LogP contribution >= 0.6 is 0 Å². The van der Waals surface area contributed by atoms with Crippen molar-refractivity contribution in [3.05, 3.63) is 35.9 Å². The number of rotatable bonds is 5. The molecule has 0 aromatic heterocycles. The highest BCUT2D eigenvalue weighted by Gasteiger charge is 2.34. The molecule has 0 spiro atoms. The van der Waals surface area contributed by atoms with Crippen molar-refractivity contribution in [2.45, 2.75) is 25.8 Å². The molecule has 0 bridgehead atoms. The van der Waals surface area contributed by atoms with Crippen molar-refractivity contribution in [1.82, 2.24) is 4.90 Å². The van der Waals surface area contributed by atoms with Gasteiger partial charge in [0.2, 0.25) is 0 Å². The number of likely N-dealkylation sites (tertiary alicyclic amines) is 1. The van der Waals surface area contributed by atoms with Gasteiger partial charge in [0, 0.05) is 19.1 Å². The lowest BCUT2D eigenvalue weighted by Crippen LogP contribution is -2.54. The first kappa shape index (κ1) is 12.1. The average molecular weight is 233 g/mol. The van der Waals surface area contributed by atoms with Gasteiger partial charge in [-0.05, 0) is 25.3 Å². The number of aryl methyl sites for hydroxylation is 1. The fraction of sp³-hybridized carbons (Fsp3) is 0.500. The second kappa shape index (κ2) is 5.32. The van der Waals surface area contributed by atoms with E-state index in [9.17, 15) is 4.79 Å². The van der Waals surface area contributed by atoms with Gasteiger partial charge in [0.15, 0.2) is 0 Å². The molecule has 17 heavy (non-hydrogen) atoms. The molecule has 3 nitrogen and oxygen atoms in total. The minimum absolute atomic E-state index is 0.144. The Morgan fingerprint density at radius 3 is 2.65 bits per heavy atom. The van der Waals surface area contributed by atoms with Gasteiger partial charge >= 0.3 is 5.97 Å². The van der Waals surface area contributed by atoms with Crippen molar-refractivity contribution < 1.29 is 9.90 Å². The van der Waals surface area contributed by atoms with Crippen LogP contribution < -0.4 is 0 Å². The zero-order valence-corrected chi connectivity index (χ0v) is 10.2. The molecule has 1 atom stereocenters. The molecule has 1 fully saturated rings. The van der Waals surface area contributed by atoms with Crippen LogP contribution in [0.2, 0.25) is 0 Å². The van der Waals surface area contributed by atoms with Crippen molar-refractivity contribution in [2.24, 2.45) is 5.92 Å². The molecule has 1 N–H and O–H groups in total. The van der Waals surface area contributed by atoms with Crippen molar-refractivity contribution in [3.63, 3.8) is 0 Å². The molecule has 0 saturated carbocycles. The Hall–Kier alpha value is -1.35. The second-order valence-electron chi connectivity index (χ2n) is 4.86. The normalized spacial score (nSPS) is 18.6. The summed E-state index contributed by atoms with van der Waals surface area (Å²) in [4.78, 5) is 13.0. The molecule has 0 amide bonds. The third kappa shape index (κ3) is 3.07. The summed E-state index contributed by atoms with van der Waals surface area (Å²) in [7, 11) is 0. The maximum absolute atomic E-state index is 10.7. The van der Waals surface area contributed by atoms with Crippen LogP contribution in [-0.2, 0) is 11.2 Å². The molecule has 92 valence electrons. The van der Waals surface area contributed by atoms with Gasteiger partial charge in [-0.15, -0.1) is 0 Å². The first-order valence-electron chi connectivity index (χ1n) is 6.17. The van der Waals surface area contributed by atoms with Crippen LogP contribution in [0, 0.1) is 5.92 Å². The van der Waals surface area contributed by atoms with Gasteiger partial charge in [0.05, 0.1) is 5.92 Å². The van der Waals surface area contributed by atoms with Gasteiger partial charge in [-0.25, -0.2) is 0 Å². The Labute approximate surface area is 102 Å². The van der Waals surface area contributed by atoms with E-state index >= 15 is 0 Å². The Kier molecular flexibility index (Phi) is 3.79. The molecular formula is C14H19NO2. The van der Waals surface area contributed by atoms with E-state index in [1.807, 2.05) is 6.07 Å². The molecule has 1 aromatic rings. The lowest BCUT2D eigenvalue weighted by Gasteiger charge is -2.41. The molecule has 1 aliphatic rings. The van der Waals surface area contributed by atoms with E-state index in [-0.39, 0.29) is 5.92 Å². The standard InChI is InChI=1S/C14H19NO2/c1-11(15-9-13(10-15)14(16)17)7-8-12-5-3-2-4-6-12/h2-6,11,13H,7-10H2,1H3,(H,16,17). The summed E-state index contributed by atoms with van der Waals surface area (Å²) < 4.78 is 0. The van der Waals surface area contributed by atoms with E-state index < -0.39 is 5.97 Å². The highest BCUT2D eigenvalue weighted by atomic mass is 16.4. The molecule has 0 radical (unpaired) electrons. The zero-order valence-electron chi connectivity index (χ0n) is 10.2. The van der Waals surface area contributed by atoms with E-state index in [2.05, 4.69) is 36.1 Å². The lowest BCUT2D eigenvalue weighted by molar-refractivity contribution is -0.148. The highest BCUT2D eigenvalue weighted by molar-refractivity contribution is 5.71. The monoisotopic (exact) mass is 233 g/mol. The third-order valence-corrected chi connectivity index (χ3v) is 3.58. The van der Waals surface area contributed by atoms with Crippen LogP contribution in [0.4, 0.5) is 0 Å². The topological polar surface area (TPSA) is 40.5 Å². The second-order valence-corrected chi connectivity index (χ2v) is 4.86. The Morgan fingerprint density at radius 1 is 1.41 bits per heavy atom. The van der Waals surface area contributed by atoms with E-state index in [0.717, 1.165) is 12.8 Å². The van der Waals surface area contributed by atoms with Crippen LogP contribution in [0.3, 0.4) is 0 Å². The molecule has 2 rings (SSSR count). The average Bonchev–Trinajstić information content (AvgIpc) is 2.25. The quantitative estimate of drug-likeness (QED) is 0.846. The van der Waals surface area contributed by atoms with Crippen molar-refractivity contribution in [2.75, 3.05) is 13.1 Å². The molecule has 1 aromatic carbocycles. The molecule has 0 aliphatic carbocycles. The van der Waals surface area contributed by atoms with Gasteiger partial charge in [-0.3, -0.25) is 9.69 Å². The third-order valence-electron chi connectivity index (χ3n) is 3.58. The first-order chi connectivity index (χ1) is 8.16. The number of hydrogen-bond donors (Lipinski definition) is 1. The molecule has 1 heterocycles. The van der Waals surface area contributed by atoms with E-state index in [1.54, 1.807) is 0 Å². The lowest BCUT2D eigenvalue weighted by atomic mass is 9.96. The van der Waals surface area contributed by atoms with Crippen LogP contribution in [0.25, 0.3) is 0 Å². The number of aliphatic carboxylic acids is 1. The molecular weight excluding hydrogens is 214 g/mol. The minimum atomic E-state index is -0.656. The number of carboxylic acids is 1.